The van der Waals surface area contributed by atoms with E-state index < -0.39 is 23.3 Å². The number of likely N-dealkylation sites (tertiary alicyclic amines) is 1. The molecule has 2 aromatic rings. The van der Waals surface area contributed by atoms with Crippen LogP contribution in [0.1, 0.15) is 89.7 Å². The molecule has 212 valence electrons. The van der Waals surface area contributed by atoms with E-state index in [1.54, 1.807) is 0 Å². The van der Waals surface area contributed by atoms with E-state index in [2.05, 4.69) is 15.5 Å². The van der Waals surface area contributed by atoms with E-state index in [9.17, 15) is 19.2 Å². The quantitative estimate of drug-likeness (QED) is 0.553. The van der Waals surface area contributed by atoms with Gasteiger partial charge in [0.05, 0.1) is 5.52 Å². The number of piperidine rings is 2. The molecule has 0 radical (unpaired) electrons. The highest BCUT2D eigenvalue weighted by Crippen LogP contribution is 2.33. The number of carbonyl (C=O) groups excluding carboxylic acids is 3. The molecule has 3 amide bonds. The lowest BCUT2D eigenvalue weighted by atomic mass is 9.84. The summed E-state index contributed by atoms with van der Waals surface area (Å²) in [4.78, 5) is 51.1. The van der Waals surface area contributed by atoms with Gasteiger partial charge in [-0.05, 0) is 108 Å². The van der Waals surface area contributed by atoms with Crippen LogP contribution >= 0.6 is 0 Å². The summed E-state index contributed by atoms with van der Waals surface area (Å²) >= 11 is 0. The van der Waals surface area contributed by atoms with Gasteiger partial charge in [0.25, 0.3) is 0 Å². The van der Waals surface area contributed by atoms with Gasteiger partial charge >= 0.3 is 11.8 Å². The van der Waals surface area contributed by atoms with Crippen LogP contribution in [0.4, 0.5) is 4.79 Å². The normalized spacial score (nSPS) is 25.5. The molecule has 0 bridgehead atoms. The maximum atomic E-state index is 12.6. The van der Waals surface area contributed by atoms with Gasteiger partial charge in [-0.2, -0.15) is 0 Å². The minimum Gasteiger partial charge on any atom is -0.444 e. The predicted molar refractivity (Wildman–Crippen MR) is 145 cm³/mol. The third-order valence-electron chi connectivity index (χ3n) is 8.30. The summed E-state index contributed by atoms with van der Waals surface area (Å²) in [5, 5.41) is 5.34. The number of carbonyl (C=O) groups is 3. The van der Waals surface area contributed by atoms with Gasteiger partial charge < -0.3 is 19.4 Å². The molecule has 3 aliphatic rings. The monoisotopic (exact) mass is 540 g/mol. The van der Waals surface area contributed by atoms with Crippen LogP contribution < -0.4 is 16.4 Å². The average molecular weight is 541 g/mol. The first kappa shape index (κ1) is 27.4. The molecule has 10 heteroatoms. The van der Waals surface area contributed by atoms with Gasteiger partial charge in [0.2, 0.25) is 11.8 Å². The second-order valence-electron chi connectivity index (χ2n) is 12.4. The van der Waals surface area contributed by atoms with Crippen molar-refractivity contribution in [1.82, 2.24) is 20.1 Å². The van der Waals surface area contributed by atoms with Crippen LogP contribution in [0, 0.1) is 5.92 Å². The smallest absolute Gasteiger partial charge is 0.420 e. The molecule has 10 nitrogen and oxygen atoms in total. The second kappa shape index (κ2) is 11.2. The number of alkyl carbamates (subject to hydrolysis) is 1. The summed E-state index contributed by atoms with van der Waals surface area (Å²) in [5.74, 6) is -0.295. The summed E-state index contributed by atoms with van der Waals surface area (Å²) in [5.41, 5.74) is 1.75. The SMILES string of the molecule is CC(C)(C)OC(=O)NC1CCC(CN2CCC(c3ccc4c(c3)oc(=O)n4C3CCC(=O)NC3=O)CC2)CC1. The number of hydrogen-bond acceptors (Lipinski definition) is 7. The predicted octanol–water partition coefficient (Wildman–Crippen LogP) is 3.84. The van der Waals surface area contributed by atoms with Crippen molar-refractivity contribution in [3.05, 3.63) is 34.3 Å². The Kier molecular flexibility index (Phi) is 7.84. The fraction of sp³-hybridized carbons (Fsp3) is 0.655. The summed E-state index contributed by atoms with van der Waals surface area (Å²) in [6, 6.07) is 5.32. The molecule has 1 unspecified atom stereocenters. The van der Waals surface area contributed by atoms with E-state index in [4.69, 9.17) is 9.15 Å². The fourth-order valence-electron chi connectivity index (χ4n) is 6.31. The van der Waals surface area contributed by atoms with Crippen molar-refractivity contribution in [3.63, 3.8) is 0 Å². The molecule has 1 atom stereocenters. The van der Waals surface area contributed by atoms with Gasteiger partial charge in [-0.25, -0.2) is 9.59 Å². The summed E-state index contributed by atoms with van der Waals surface area (Å²) in [6.45, 7) is 8.78. The first-order valence-corrected chi connectivity index (χ1v) is 14.3. The Labute approximate surface area is 228 Å². The zero-order chi connectivity index (χ0) is 27.7. The van der Waals surface area contributed by atoms with Crippen LogP contribution in [-0.4, -0.2) is 58.7 Å². The van der Waals surface area contributed by atoms with E-state index in [0.717, 1.165) is 63.7 Å². The third-order valence-corrected chi connectivity index (χ3v) is 8.30. The van der Waals surface area contributed by atoms with E-state index in [1.807, 2.05) is 39.0 Å². The Balaban J connectivity index is 1.12. The van der Waals surface area contributed by atoms with E-state index in [-0.39, 0.29) is 24.5 Å². The van der Waals surface area contributed by atoms with Crippen molar-refractivity contribution >= 4 is 29.0 Å². The van der Waals surface area contributed by atoms with Crippen molar-refractivity contribution in [2.45, 2.75) is 95.7 Å². The summed E-state index contributed by atoms with van der Waals surface area (Å²) in [6.07, 6.45) is 6.46. The zero-order valence-electron chi connectivity index (χ0n) is 23.2. The number of amides is 3. The lowest BCUT2D eigenvalue weighted by Gasteiger charge is -2.37. The van der Waals surface area contributed by atoms with Crippen LogP contribution in [0.2, 0.25) is 0 Å². The van der Waals surface area contributed by atoms with Gasteiger partial charge in [-0.1, -0.05) is 6.07 Å². The second-order valence-corrected chi connectivity index (χ2v) is 12.4. The lowest BCUT2D eigenvalue weighted by Crippen LogP contribution is -2.43. The molecule has 1 aromatic carbocycles. The number of rotatable bonds is 5. The number of aromatic nitrogens is 1. The molecule has 3 heterocycles. The molecule has 39 heavy (non-hydrogen) atoms. The number of imide groups is 1. The Morgan fingerprint density at radius 1 is 1.05 bits per heavy atom. The first-order chi connectivity index (χ1) is 18.6. The Hall–Kier alpha value is -3.14. The molecule has 1 aliphatic carbocycles. The van der Waals surface area contributed by atoms with Crippen LogP contribution in [0.5, 0.6) is 0 Å². The van der Waals surface area contributed by atoms with Gasteiger partial charge in [0, 0.05) is 19.0 Å². The molecule has 0 spiro atoms. The van der Waals surface area contributed by atoms with Crippen molar-refractivity contribution in [1.29, 1.82) is 0 Å². The number of nitrogens with zero attached hydrogens (tertiary/aromatic N) is 2. The van der Waals surface area contributed by atoms with E-state index in [0.29, 0.717) is 29.4 Å². The maximum absolute atomic E-state index is 12.6. The number of benzene rings is 1. The van der Waals surface area contributed by atoms with Crippen molar-refractivity contribution in [3.8, 4) is 0 Å². The molecule has 1 aromatic heterocycles. The van der Waals surface area contributed by atoms with Crippen LogP contribution in [0.25, 0.3) is 11.1 Å². The van der Waals surface area contributed by atoms with Gasteiger partial charge in [0.15, 0.2) is 5.58 Å². The maximum Gasteiger partial charge on any atom is 0.420 e. The highest BCUT2D eigenvalue weighted by Gasteiger charge is 2.32. The van der Waals surface area contributed by atoms with E-state index >= 15 is 0 Å². The van der Waals surface area contributed by atoms with Crippen LogP contribution in [0.3, 0.4) is 0 Å². The number of hydrogen-bond donors (Lipinski definition) is 2. The van der Waals surface area contributed by atoms with Crippen molar-refractivity contribution < 1.29 is 23.5 Å². The number of oxazole rings is 1. The zero-order valence-corrected chi connectivity index (χ0v) is 23.2. The average Bonchev–Trinajstić information content (AvgIpc) is 3.19. The summed E-state index contributed by atoms with van der Waals surface area (Å²) < 4.78 is 12.3. The molecule has 2 saturated heterocycles. The topological polar surface area (TPSA) is 123 Å². The Bertz CT molecular complexity index is 1270. The number of ether oxygens (including phenoxy) is 1. The molecule has 1 saturated carbocycles. The largest absolute Gasteiger partial charge is 0.444 e. The highest BCUT2D eigenvalue weighted by atomic mass is 16.6. The van der Waals surface area contributed by atoms with Crippen LogP contribution in [0.15, 0.2) is 27.4 Å². The number of nitrogens with one attached hydrogen (secondary N) is 2. The Morgan fingerprint density at radius 3 is 2.44 bits per heavy atom. The van der Waals surface area contributed by atoms with Gasteiger partial charge in [-0.15, -0.1) is 0 Å². The molecular formula is C29H40N4O6. The van der Waals surface area contributed by atoms with E-state index in [1.165, 1.54) is 4.57 Å². The van der Waals surface area contributed by atoms with Crippen molar-refractivity contribution in [2.24, 2.45) is 5.92 Å². The highest BCUT2D eigenvalue weighted by molar-refractivity contribution is 6.00. The fourth-order valence-corrected chi connectivity index (χ4v) is 6.31. The minimum atomic E-state index is -0.728. The Morgan fingerprint density at radius 2 is 1.77 bits per heavy atom. The third kappa shape index (κ3) is 6.54. The standard InChI is InChI=1S/C29H40N4O6/c1-29(2,3)39-27(36)30-21-7-4-18(5-8-21)17-32-14-12-19(13-15-32)20-6-9-22-24(16-20)38-28(37)33(22)23-10-11-25(34)31-26(23)35/h6,9,16,18-19,21,23H,4-5,7-8,10-15,17H2,1-3H3,(H,30,36)(H,31,34,35). The van der Waals surface area contributed by atoms with Gasteiger partial charge in [0.1, 0.15) is 11.6 Å². The van der Waals surface area contributed by atoms with Gasteiger partial charge in [-0.3, -0.25) is 19.5 Å². The lowest BCUT2D eigenvalue weighted by molar-refractivity contribution is -0.135. The molecule has 2 aliphatic heterocycles. The van der Waals surface area contributed by atoms with Crippen LogP contribution in [-0.2, 0) is 14.3 Å². The molecule has 5 rings (SSSR count). The minimum absolute atomic E-state index is 0.196. The molecule has 3 fully saturated rings. The molecular weight excluding hydrogens is 500 g/mol. The number of fused-ring (bicyclic) bond motifs is 1. The first-order valence-electron chi connectivity index (χ1n) is 14.3. The van der Waals surface area contributed by atoms with Crippen molar-refractivity contribution in [2.75, 3.05) is 19.6 Å². The molecule has 2 N–H and O–H groups in total. The summed E-state index contributed by atoms with van der Waals surface area (Å²) in [7, 11) is 0.